The highest BCUT2D eigenvalue weighted by Crippen LogP contribution is 2.38. The van der Waals surface area contributed by atoms with Crippen molar-refractivity contribution in [2.24, 2.45) is 0 Å². The number of aliphatic hydroxyl groups is 1. The molecular weight excluding hydrogens is 342 g/mol. The second-order valence-corrected chi connectivity index (χ2v) is 6.77. The van der Waals surface area contributed by atoms with Gasteiger partial charge in [0.1, 0.15) is 11.4 Å². The van der Waals surface area contributed by atoms with Gasteiger partial charge in [-0.15, -0.1) is 0 Å². The first-order chi connectivity index (χ1) is 11.4. The Balaban J connectivity index is 0.000000381. The third-order valence-corrected chi connectivity index (χ3v) is 3.64. The quantitative estimate of drug-likeness (QED) is 0.623. The number of ether oxygens (including phenoxy) is 1. The van der Waals surface area contributed by atoms with Crippen LogP contribution in [0, 0.1) is 5.82 Å². The van der Waals surface area contributed by atoms with Crippen LogP contribution in [0.1, 0.15) is 44.7 Å². The Hall–Kier alpha value is -1.67. The van der Waals surface area contributed by atoms with Crippen LogP contribution < -0.4 is 5.32 Å². The van der Waals surface area contributed by atoms with Gasteiger partial charge in [0, 0.05) is 5.56 Å². The van der Waals surface area contributed by atoms with E-state index in [-0.39, 0.29) is 24.0 Å². The van der Waals surface area contributed by atoms with Crippen LogP contribution in [0.4, 0.5) is 17.6 Å². The zero-order chi connectivity index (χ0) is 19.3. The molecule has 4 nitrogen and oxygen atoms in total. The molecule has 1 fully saturated rings. The highest BCUT2D eigenvalue weighted by Gasteiger charge is 2.40. The number of rotatable bonds is 2. The molecule has 142 valence electrons. The Morgan fingerprint density at radius 1 is 1.20 bits per heavy atom. The van der Waals surface area contributed by atoms with Crippen molar-refractivity contribution in [1.82, 2.24) is 5.32 Å². The topological polar surface area (TPSA) is 58.6 Å². The van der Waals surface area contributed by atoms with Gasteiger partial charge in [0.15, 0.2) is 0 Å². The molecule has 1 aromatic carbocycles. The predicted octanol–water partition coefficient (Wildman–Crippen LogP) is 3.37. The molecule has 0 atom stereocenters. The number of carbonyl (C=O) groups is 1. The lowest BCUT2D eigenvalue weighted by atomic mass is 9.84. The molecule has 0 unspecified atom stereocenters. The van der Waals surface area contributed by atoms with Crippen LogP contribution in [0.15, 0.2) is 18.2 Å². The number of nitrogens with one attached hydrogen (secondary N) is 1. The fourth-order valence-corrected chi connectivity index (χ4v) is 2.36. The summed E-state index contributed by atoms with van der Waals surface area (Å²) in [5.74, 6) is -1.37. The minimum atomic E-state index is -4.75. The largest absolute Gasteiger partial charge is 0.462 e. The van der Waals surface area contributed by atoms with Gasteiger partial charge in [-0.05, 0) is 52.8 Å². The Morgan fingerprint density at radius 2 is 1.76 bits per heavy atom. The van der Waals surface area contributed by atoms with Crippen molar-refractivity contribution >= 4 is 6.47 Å². The van der Waals surface area contributed by atoms with E-state index in [4.69, 9.17) is 0 Å². The first-order valence-corrected chi connectivity index (χ1v) is 7.81. The summed E-state index contributed by atoms with van der Waals surface area (Å²) in [6.07, 6.45) is -4.35. The van der Waals surface area contributed by atoms with Gasteiger partial charge >= 0.3 is 6.18 Å². The molecule has 25 heavy (non-hydrogen) atoms. The van der Waals surface area contributed by atoms with E-state index in [9.17, 15) is 27.5 Å². The first kappa shape index (κ1) is 21.4. The van der Waals surface area contributed by atoms with E-state index in [2.05, 4.69) is 10.1 Å². The van der Waals surface area contributed by atoms with E-state index in [1.165, 1.54) is 6.07 Å². The van der Waals surface area contributed by atoms with E-state index in [0.29, 0.717) is 25.6 Å². The third kappa shape index (κ3) is 6.28. The zero-order valence-corrected chi connectivity index (χ0v) is 14.4. The maximum Gasteiger partial charge on any atom is 0.419 e. The molecule has 8 heteroatoms. The highest BCUT2D eigenvalue weighted by atomic mass is 19.4. The second-order valence-electron chi connectivity index (χ2n) is 6.77. The smallest absolute Gasteiger partial charge is 0.419 e. The third-order valence-electron chi connectivity index (χ3n) is 3.64. The Bertz CT molecular complexity index is 576. The van der Waals surface area contributed by atoms with Crippen molar-refractivity contribution in [2.75, 3.05) is 13.1 Å². The Morgan fingerprint density at radius 3 is 2.16 bits per heavy atom. The molecule has 1 aliphatic rings. The van der Waals surface area contributed by atoms with Crippen molar-refractivity contribution in [1.29, 1.82) is 0 Å². The lowest BCUT2D eigenvalue weighted by Crippen LogP contribution is -2.40. The number of piperidine rings is 1. The average molecular weight is 365 g/mol. The molecular formula is C17H23F4NO3. The fraction of sp³-hybridized carbons (Fsp3) is 0.588. The van der Waals surface area contributed by atoms with Crippen LogP contribution in [0.5, 0.6) is 0 Å². The SMILES string of the molecule is CC(C)(C)OC=O.OC1(c2cccc(C(F)(F)F)c2F)CCNCC1. The summed E-state index contributed by atoms with van der Waals surface area (Å²) in [7, 11) is 0. The van der Waals surface area contributed by atoms with Gasteiger partial charge in [-0.25, -0.2) is 4.39 Å². The number of benzene rings is 1. The first-order valence-electron chi connectivity index (χ1n) is 7.81. The van der Waals surface area contributed by atoms with Gasteiger partial charge in [0.05, 0.1) is 11.2 Å². The van der Waals surface area contributed by atoms with Crippen molar-refractivity contribution in [3.8, 4) is 0 Å². The second kappa shape index (κ2) is 8.14. The van der Waals surface area contributed by atoms with Gasteiger partial charge in [-0.1, -0.05) is 12.1 Å². The van der Waals surface area contributed by atoms with Crippen molar-refractivity contribution in [3.63, 3.8) is 0 Å². The van der Waals surface area contributed by atoms with Gasteiger partial charge in [-0.2, -0.15) is 13.2 Å². The van der Waals surface area contributed by atoms with Gasteiger partial charge < -0.3 is 15.2 Å². The van der Waals surface area contributed by atoms with Crippen LogP contribution in [-0.2, 0) is 21.3 Å². The average Bonchev–Trinajstić information content (AvgIpc) is 2.46. The molecule has 2 N–H and O–H groups in total. The van der Waals surface area contributed by atoms with Crippen LogP contribution in [0.25, 0.3) is 0 Å². The van der Waals surface area contributed by atoms with Crippen molar-refractivity contribution in [3.05, 3.63) is 35.1 Å². The fourth-order valence-electron chi connectivity index (χ4n) is 2.36. The predicted molar refractivity (Wildman–Crippen MR) is 84.3 cm³/mol. The van der Waals surface area contributed by atoms with Crippen LogP contribution in [0.3, 0.4) is 0 Å². The van der Waals surface area contributed by atoms with Crippen molar-refractivity contribution < 1.29 is 32.2 Å². The van der Waals surface area contributed by atoms with Crippen molar-refractivity contribution in [2.45, 2.75) is 51.0 Å². The number of carbonyl (C=O) groups excluding carboxylic acids is 1. The molecule has 1 saturated heterocycles. The lowest BCUT2D eigenvalue weighted by molar-refractivity contribution is -0.140. The zero-order valence-electron chi connectivity index (χ0n) is 14.4. The molecule has 0 radical (unpaired) electrons. The summed E-state index contributed by atoms with van der Waals surface area (Å²) in [5, 5.41) is 13.2. The number of alkyl halides is 3. The molecule has 0 aliphatic carbocycles. The minimum absolute atomic E-state index is 0.200. The Kier molecular flexibility index (Phi) is 6.96. The summed E-state index contributed by atoms with van der Waals surface area (Å²) >= 11 is 0. The van der Waals surface area contributed by atoms with Gasteiger partial charge in [0.2, 0.25) is 0 Å². The summed E-state index contributed by atoms with van der Waals surface area (Å²) in [6, 6.07) is 3.03. The van der Waals surface area contributed by atoms with E-state index in [0.717, 1.165) is 6.07 Å². The Labute approximate surface area is 144 Å². The summed E-state index contributed by atoms with van der Waals surface area (Å²) in [6.45, 7) is 6.82. The lowest BCUT2D eigenvalue weighted by Gasteiger charge is -2.33. The minimum Gasteiger partial charge on any atom is -0.462 e. The molecule has 0 bridgehead atoms. The normalized spacial score (nSPS) is 17.3. The summed E-state index contributed by atoms with van der Waals surface area (Å²) < 4.78 is 56.2. The maximum absolute atomic E-state index is 13.9. The molecule has 0 saturated carbocycles. The van der Waals surface area contributed by atoms with Crippen LogP contribution >= 0.6 is 0 Å². The highest BCUT2D eigenvalue weighted by molar-refractivity contribution is 5.37. The number of hydrogen-bond acceptors (Lipinski definition) is 4. The maximum atomic E-state index is 13.9. The summed E-state index contributed by atoms with van der Waals surface area (Å²) in [4.78, 5) is 9.60. The van der Waals surface area contributed by atoms with E-state index in [1.807, 2.05) is 20.8 Å². The monoisotopic (exact) mass is 365 g/mol. The molecule has 0 spiro atoms. The van der Waals surface area contributed by atoms with E-state index >= 15 is 0 Å². The van der Waals surface area contributed by atoms with Crippen LogP contribution in [0.2, 0.25) is 0 Å². The van der Waals surface area contributed by atoms with Crippen LogP contribution in [-0.4, -0.2) is 30.3 Å². The number of halogens is 4. The van der Waals surface area contributed by atoms with Gasteiger partial charge in [-0.3, -0.25) is 4.79 Å². The molecule has 1 aromatic rings. The van der Waals surface area contributed by atoms with E-state index < -0.39 is 23.2 Å². The summed E-state index contributed by atoms with van der Waals surface area (Å²) in [5.41, 5.74) is -3.43. The molecule has 1 aliphatic heterocycles. The molecule has 0 aromatic heterocycles. The van der Waals surface area contributed by atoms with E-state index in [1.54, 1.807) is 0 Å². The number of hydrogen-bond donors (Lipinski definition) is 2. The van der Waals surface area contributed by atoms with Gasteiger partial charge in [0.25, 0.3) is 6.47 Å². The molecule has 0 amide bonds. The molecule has 1 heterocycles. The standard InChI is InChI=1S/C12H13F4NO.C5H10O2/c13-10-8(11(18)4-6-17-7-5-11)2-1-3-9(10)12(14,15)16;1-5(2,3)7-4-6/h1-3,17-18H,4-7H2;4H,1-3H3. The molecule has 2 rings (SSSR count).